The summed E-state index contributed by atoms with van der Waals surface area (Å²) in [6, 6.07) is 4.03. The smallest absolute Gasteiger partial charge is 0.246 e. The Morgan fingerprint density at radius 2 is 1.50 bits per heavy atom. The standard InChI is InChI=1S/C40H63ClN4O10S/c1-29-36(56-28-43-29)31-10-11-32(26-42-38(48)34-25-33(47)27-45(34)39(49)37(40(3,4)5)44-30(2)46)35(24-31)55-23-22-54-21-20-53-19-18-52-17-16-51-15-14-50-13-9-7-6-8-12-41/h10-11,24,28,33-34,37,47H,6-9,12-23,25-27H2,1-5H3,(H,42,48)(H,44,46). The second kappa shape index (κ2) is 26.2. The first-order valence-electron chi connectivity index (χ1n) is 19.6. The molecule has 3 N–H and O–H groups in total. The first-order chi connectivity index (χ1) is 26.9. The molecule has 0 spiro atoms. The van der Waals surface area contributed by atoms with E-state index >= 15 is 0 Å². The molecule has 0 saturated carbocycles. The molecule has 14 nitrogen and oxygen atoms in total. The lowest BCUT2D eigenvalue weighted by atomic mass is 9.85. The summed E-state index contributed by atoms with van der Waals surface area (Å²) in [7, 11) is 0. The van der Waals surface area contributed by atoms with Crippen LogP contribution in [0.15, 0.2) is 23.7 Å². The van der Waals surface area contributed by atoms with Crippen molar-refractivity contribution in [2.45, 2.75) is 91.5 Å². The average molecular weight is 827 g/mol. The minimum atomic E-state index is -0.891. The normalized spacial score (nSPS) is 16.2. The van der Waals surface area contributed by atoms with E-state index < -0.39 is 35.4 Å². The van der Waals surface area contributed by atoms with Gasteiger partial charge >= 0.3 is 0 Å². The zero-order valence-corrected chi connectivity index (χ0v) is 35.4. The van der Waals surface area contributed by atoms with E-state index in [2.05, 4.69) is 15.6 Å². The van der Waals surface area contributed by atoms with Crippen LogP contribution >= 0.6 is 22.9 Å². The van der Waals surface area contributed by atoms with Gasteiger partial charge in [-0.05, 0) is 36.8 Å². The van der Waals surface area contributed by atoms with Crippen molar-refractivity contribution < 1.29 is 47.9 Å². The van der Waals surface area contributed by atoms with Gasteiger partial charge in [-0.3, -0.25) is 14.4 Å². The second-order valence-electron chi connectivity index (χ2n) is 14.7. The lowest BCUT2D eigenvalue weighted by Crippen LogP contribution is -2.57. The van der Waals surface area contributed by atoms with Gasteiger partial charge in [-0.15, -0.1) is 22.9 Å². The summed E-state index contributed by atoms with van der Waals surface area (Å²) in [6.45, 7) is 14.1. The molecule has 3 atom stereocenters. The molecule has 0 radical (unpaired) electrons. The number of aliphatic hydroxyl groups excluding tert-OH is 1. The van der Waals surface area contributed by atoms with Gasteiger partial charge in [-0.1, -0.05) is 45.7 Å². The number of aliphatic hydroxyl groups is 1. The van der Waals surface area contributed by atoms with E-state index in [0.29, 0.717) is 65.2 Å². The number of ether oxygens (including phenoxy) is 6. The Morgan fingerprint density at radius 1 is 0.911 bits per heavy atom. The predicted molar refractivity (Wildman–Crippen MR) is 216 cm³/mol. The minimum Gasteiger partial charge on any atom is -0.491 e. The quantitative estimate of drug-likeness (QED) is 0.0817. The van der Waals surface area contributed by atoms with Crippen LogP contribution in [0.2, 0.25) is 0 Å². The highest BCUT2D eigenvalue weighted by Crippen LogP contribution is 2.32. The maximum absolute atomic E-state index is 13.6. The van der Waals surface area contributed by atoms with Gasteiger partial charge in [0.2, 0.25) is 17.7 Å². The van der Waals surface area contributed by atoms with Gasteiger partial charge < -0.3 is 49.1 Å². The van der Waals surface area contributed by atoms with Crippen molar-refractivity contribution in [2.24, 2.45) is 5.41 Å². The Labute approximate surface area is 341 Å². The summed E-state index contributed by atoms with van der Waals surface area (Å²) in [5.74, 6) is 0.146. The summed E-state index contributed by atoms with van der Waals surface area (Å²) in [5.41, 5.74) is 3.77. The Hall–Kier alpha value is -2.89. The number of nitrogens with zero attached hydrogens (tertiary/aromatic N) is 2. The van der Waals surface area contributed by atoms with E-state index in [9.17, 15) is 19.5 Å². The predicted octanol–water partition coefficient (Wildman–Crippen LogP) is 4.51. The molecule has 2 heterocycles. The van der Waals surface area contributed by atoms with Gasteiger partial charge in [0.15, 0.2) is 0 Å². The molecule has 3 amide bonds. The molecule has 2 aromatic rings. The van der Waals surface area contributed by atoms with Crippen molar-refractivity contribution in [2.75, 3.05) is 85.1 Å². The second-order valence-corrected chi connectivity index (χ2v) is 15.9. The Morgan fingerprint density at radius 3 is 2.05 bits per heavy atom. The van der Waals surface area contributed by atoms with E-state index in [1.807, 2.05) is 45.9 Å². The number of benzene rings is 1. The summed E-state index contributed by atoms with van der Waals surface area (Å²) in [4.78, 5) is 45.8. The van der Waals surface area contributed by atoms with Crippen LogP contribution in [0.4, 0.5) is 0 Å². The first-order valence-corrected chi connectivity index (χ1v) is 21.0. The van der Waals surface area contributed by atoms with Crippen molar-refractivity contribution in [1.82, 2.24) is 20.5 Å². The molecule has 1 saturated heterocycles. The van der Waals surface area contributed by atoms with Crippen molar-refractivity contribution in [3.05, 3.63) is 35.0 Å². The molecule has 1 aliphatic heterocycles. The lowest BCUT2D eigenvalue weighted by Gasteiger charge is -2.35. The van der Waals surface area contributed by atoms with Gasteiger partial charge in [0.25, 0.3) is 0 Å². The third-order valence-electron chi connectivity index (χ3n) is 9.00. The lowest BCUT2D eigenvalue weighted by molar-refractivity contribution is -0.143. The van der Waals surface area contributed by atoms with Crippen molar-refractivity contribution in [3.63, 3.8) is 0 Å². The van der Waals surface area contributed by atoms with E-state index in [1.165, 1.54) is 23.2 Å². The first kappa shape index (κ1) is 47.5. The van der Waals surface area contributed by atoms with Crippen LogP contribution in [0.3, 0.4) is 0 Å². The number of carbonyl (C=O) groups excluding carboxylic acids is 3. The number of amides is 3. The maximum atomic E-state index is 13.6. The van der Waals surface area contributed by atoms with Crippen LogP contribution in [0.1, 0.15) is 71.1 Å². The molecule has 3 rings (SSSR count). The van der Waals surface area contributed by atoms with Gasteiger partial charge in [-0.2, -0.15) is 0 Å². The molecular formula is C40H63ClN4O10S. The third-order valence-corrected chi connectivity index (χ3v) is 10.2. The fraction of sp³-hybridized carbons (Fsp3) is 0.700. The topological polar surface area (TPSA) is 167 Å². The molecule has 16 heteroatoms. The molecule has 1 aromatic heterocycles. The molecule has 0 aliphatic carbocycles. The van der Waals surface area contributed by atoms with Crippen molar-refractivity contribution in [3.8, 4) is 16.2 Å². The summed E-state index contributed by atoms with van der Waals surface area (Å²) >= 11 is 7.21. The summed E-state index contributed by atoms with van der Waals surface area (Å²) < 4.78 is 34.1. The number of likely N-dealkylation sites (tertiary alicyclic amines) is 1. The highest BCUT2D eigenvalue weighted by Gasteiger charge is 2.44. The zero-order chi connectivity index (χ0) is 40.8. The zero-order valence-electron chi connectivity index (χ0n) is 33.8. The molecular weight excluding hydrogens is 764 g/mol. The van der Waals surface area contributed by atoms with E-state index in [1.54, 1.807) is 5.51 Å². The number of nitrogens with one attached hydrogen (secondary N) is 2. The highest BCUT2D eigenvalue weighted by atomic mass is 35.5. The van der Waals surface area contributed by atoms with Crippen molar-refractivity contribution in [1.29, 1.82) is 0 Å². The van der Waals surface area contributed by atoms with Crippen LogP contribution in [0.5, 0.6) is 5.75 Å². The Kier molecular flexibility index (Phi) is 22.2. The molecule has 1 aliphatic rings. The Balaban J connectivity index is 1.39. The van der Waals surface area contributed by atoms with E-state index in [-0.39, 0.29) is 32.0 Å². The monoisotopic (exact) mass is 826 g/mol. The summed E-state index contributed by atoms with van der Waals surface area (Å²) in [5, 5.41) is 16.1. The van der Waals surface area contributed by atoms with Crippen LogP contribution in [0, 0.1) is 12.3 Å². The average Bonchev–Trinajstić information content (AvgIpc) is 3.78. The number of β-amino-alcohol motifs (C(OH)–C–C–N with tert-alkyl or cyclic N) is 1. The third kappa shape index (κ3) is 17.3. The van der Waals surface area contributed by atoms with Gasteiger partial charge in [0.05, 0.1) is 81.6 Å². The highest BCUT2D eigenvalue weighted by molar-refractivity contribution is 7.13. The number of rotatable bonds is 28. The van der Waals surface area contributed by atoms with E-state index in [0.717, 1.165) is 59.9 Å². The van der Waals surface area contributed by atoms with Gasteiger partial charge in [-0.25, -0.2) is 4.98 Å². The SMILES string of the molecule is CC(=O)NC(C(=O)N1CC(O)CC1C(=O)NCc1ccc(-c2scnc2C)cc1OCCOCCOCCOCCOCCOCCCCCCCl)C(C)(C)C. The van der Waals surface area contributed by atoms with Crippen molar-refractivity contribution >= 4 is 40.7 Å². The fourth-order valence-corrected chi connectivity index (χ4v) is 7.01. The molecule has 56 heavy (non-hydrogen) atoms. The molecule has 3 unspecified atom stereocenters. The number of carbonyl (C=O) groups is 3. The molecule has 1 fully saturated rings. The van der Waals surface area contributed by atoms with Crippen LogP contribution in [-0.4, -0.2) is 136 Å². The minimum absolute atomic E-state index is 0.00233. The number of aromatic nitrogens is 1. The maximum Gasteiger partial charge on any atom is 0.246 e. The molecule has 316 valence electrons. The van der Waals surface area contributed by atoms with Gasteiger partial charge in [0, 0.05) is 44.5 Å². The summed E-state index contributed by atoms with van der Waals surface area (Å²) in [6.07, 6.45) is 3.63. The van der Waals surface area contributed by atoms with E-state index in [4.69, 9.17) is 40.0 Å². The van der Waals surface area contributed by atoms with Gasteiger partial charge in [0.1, 0.15) is 24.4 Å². The number of hydrogen-bond acceptors (Lipinski definition) is 12. The molecule has 0 bridgehead atoms. The Bertz CT molecular complexity index is 1460. The van der Waals surface area contributed by atoms with Crippen LogP contribution in [-0.2, 0) is 44.6 Å². The fourth-order valence-electron chi connectivity index (χ4n) is 6.02. The number of thiazole rings is 1. The molecule has 1 aromatic carbocycles. The number of halogens is 1. The number of aryl methyl sites for hydroxylation is 1. The number of alkyl halides is 1. The van der Waals surface area contributed by atoms with Crippen LogP contribution < -0.4 is 15.4 Å². The number of hydrogen-bond donors (Lipinski definition) is 3. The largest absolute Gasteiger partial charge is 0.491 e. The number of unbranched alkanes of at least 4 members (excludes halogenated alkanes) is 3. The van der Waals surface area contributed by atoms with Crippen LogP contribution in [0.25, 0.3) is 10.4 Å².